The Kier molecular flexibility index (Phi) is 3.92. The number of Topliss-reactive ketones (excluding diaryl/α,β-unsaturated/α-hetero) is 1. The van der Waals surface area contributed by atoms with E-state index < -0.39 is 0 Å². The van der Waals surface area contributed by atoms with Gasteiger partial charge in [-0.25, -0.2) is 4.98 Å². The summed E-state index contributed by atoms with van der Waals surface area (Å²) >= 11 is 0. The van der Waals surface area contributed by atoms with Gasteiger partial charge in [-0.3, -0.25) is 14.6 Å². The molecule has 0 aromatic carbocycles. The number of carbonyl (C=O) groups is 2. The molecule has 1 aliphatic heterocycles. The molecule has 1 saturated heterocycles. The van der Waals surface area contributed by atoms with E-state index in [1.165, 1.54) is 0 Å². The predicted molar refractivity (Wildman–Crippen MR) is 76.0 cm³/mol. The van der Waals surface area contributed by atoms with Gasteiger partial charge in [0.15, 0.2) is 11.4 Å². The molecule has 1 N–H and O–H groups in total. The number of nitrogens with one attached hydrogen (secondary N) is 1. The Bertz CT molecular complexity index is 627. The lowest BCUT2D eigenvalue weighted by atomic mass is 10.1. The first kappa shape index (κ1) is 13.7. The highest BCUT2D eigenvalue weighted by Crippen LogP contribution is 2.08. The summed E-state index contributed by atoms with van der Waals surface area (Å²) in [5.41, 5.74) is 1.02. The minimum absolute atomic E-state index is 0.0373. The quantitative estimate of drug-likeness (QED) is 0.808. The van der Waals surface area contributed by atoms with Crippen LogP contribution in [0.5, 0.6) is 0 Å². The monoisotopic (exact) mass is 287 g/mol. The first-order valence-corrected chi connectivity index (χ1v) is 7.04. The Morgan fingerprint density at radius 1 is 1.24 bits per heavy atom. The van der Waals surface area contributed by atoms with Crippen LogP contribution < -0.4 is 5.32 Å². The Balaban J connectivity index is 1.59. The summed E-state index contributed by atoms with van der Waals surface area (Å²) in [5, 5.41) is 3.20. The van der Waals surface area contributed by atoms with Crippen molar-refractivity contribution in [1.29, 1.82) is 0 Å². The van der Waals surface area contributed by atoms with E-state index in [9.17, 15) is 9.59 Å². The van der Waals surface area contributed by atoms with Crippen molar-refractivity contribution >= 4 is 17.3 Å². The summed E-state index contributed by atoms with van der Waals surface area (Å²) in [5.74, 6) is -0.0718. The van der Waals surface area contributed by atoms with E-state index in [4.69, 9.17) is 0 Å². The number of ketones is 1. The molecule has 7 heteroatoms. The number of rotatable bonds is 4. The zero-order valence-electron chi connectivity index (χ0n) is 11.7. The zero-order chi connectivity index (χ0) is 14.7. The van der Waals surface area contributed by atoms with Crippen LogP contribution in [0.3, 0.4) is 0 Å². The highest BCUT2D eigenvalue weighted by molar-refractivity contribution is 5.96. The summed E-state index contributed by atoms with van der Waals surface area (Å²) in [7, 11) is 0. The normalized spacial score (nSPS) is 15.3. The predicted octanol–water partition coefficient (Wildman–Crippen LogP) is 0.124. The summed E-state index contributed by atoms with van der Waals surface area (Å²) in [6.45, 7) is 3.07. The van der Waals surface area contributed by atoms with Gasteiger partial charge in [0.25, 0.3) is 0 Å². The number of hydrogen-bond acceptors (Lipinski definition) is 5. The SMILES string of the molecule is O=C(CCC(=O)N1CCNCC1)c1cn2ccncc2n1. The van der Waals surface area contributed by atoms with Crippen LogP contribution in [-0.2, 0) is 4.79 Å². The molecule has 0 saturated carbocycles. The van der Waals surface area contributed by atoms with Crippen molar-refractivity contribution in [2.24, 2.45) is 0 Å². The Morgan fingerprint density at radius 3 is 2.81 bits per heavy atom. The van der Waals surface area contributed by atoms with E-state index in [0.717, 1.165) is 13.1 Å². The van der Waals surface area contributed by atoms with Gasteiger partial charge in [0.2, 0.25) is 5.91 Å². The number of aromatic nitrogens is 3. The highest BCUT2D eigenvalue weighted by Gasteiger charge is 2.18. The maximum atomic E-state index is 12.1. The number of piperazine rings is 1. The largest absolute Gasteiger partial charge is 0.340 e. The average molecular weight is 287 g/mol. The molecule has 110 valence electrons. The van der Waals surface area contributed by atoms with Crippen molar-refractivity contribution in [2.45, 2.75) is 12.8 Å². The Labute approximate surface area is 122 Å². The van der Waals surface area contributed by atoms with Gasteiger partial charge in [-0.15, -0.1) is 0 Å². The van der Waals surface area contributed by atoms with Crippen molar-refractivity contribution < 1.29 is 9.59 Å². The fourth-order valence-electron chi connectivity index (χ4n) is 2.40. The third-order valence-electron chi connectivity index (χ3n) is 3.59. The molecule has 7 nitrogen and oxygen atoms in total. The van der Waals surface area contributed by atoms with Crippen LogP contribution in [0, 0.1) is 0 Å². The standard InChI is InChI=1S/C14H17N5O2/c20-12(1-2-14(21)18-6-3-15-4-7-18)11-10-19-8-5-16-9-13(19)17-11/h5,8-10,15H,1-4,6-7H2. The minimum Gasteiger partial charge on any atom is -0.340 e. The number of nitrogens with zero attached hydrogens (tertiary/aromatic N) is 4. The Morgan fingerprint density at radius 2 is 2.05 bits per heavy atom. The number of carbonyl (C=O) groups excluding carboxylic acids is 2. The number of fused-ring (bicyclic) bond motifs is 1. The van der Waals surface area contributed by atoms with Gasteiger partial charge in [-0.05, 0) is 0 Å². The van der Waals surface area contributed by atoms with Crippen molar-refractivity contribution in [1.82, 2.24) is 24.6 Å². The number of imidazole rings is 1. The van der Waals surface area contributed by atoms with Gasteiger partial charge < -0.3 is 14.6 Å². The third kappa shape index (κ3) is 3.08. The molecule has 0 unspecified atom stereocenters. The second kappa shape index (κ2) is 6.01. The van der Waals surface area contributed by atoms with E-state index in [0.29, 0.717) is 24.4 Å². The van der Waals surface area contributed by atoms with Crippen molar-refractivity contribution in [3.8, 4) is 0 Å². The molecule has 0 aliphatic carbocycles. The highest BCUT2D eigenvalue weighted by atomic mass is 16.2. The van der Waals surface area contributed by atoms with Crippen LogP contribution in [0.25, 0.3) is 5.65 Å². The lowest BCUT2D eigenvalue weighted by molar-refractivity contribution is -0.131. The van der Waals surface area contributed by atoms with Gasteiger partial charge in [0, 0.05) is 57.6 Å². The van der Waals surface area contributed by atoms with Gasteiger partial charge in [-0.1, -0.05) is 0 Å². The molecule has 0 atom stereocenters. The molecule has 1 fully saturated rings. The number of amides is 1. The maximum absolute atomic E-state index is 12.1. The van der Waals surface area contributed by atoms with Crippen molar-refractivity contribution in [3.05, 3.63) is 30.5 Å². The summed E-state index contributed by atoms with van der Waals surface area (Å²) in [4.78, 5) is 34.1. The van der Waals surface area contributed by atoms with Crippen LogP contribution >= 0.6 is 0 Å². The molecular formula is C14H17N5O2. The lowest BCUT2D eigenvalue weighted by Crippen LogP contribution is -2.46. The average Bonchev–Trinajstić information content (AvgIpc) is 2.97. The topological polar surface area (TPSA) is 79.6 Å². The van der Waals surface area contributed by atoms with E-state index in [1.807, 2.05) is 0 Å². The lowest BCUT2D eigenvalue weighted by Gasteiger charge is -2.27. The van der Waals surface area contributed by atoms with E-state index in [1.54, 1.807) is 34.1 Å². The van der Waals surface area contributed by atoms with Crippen LogP contribution in [0.15, 0.2) is 24.8 Å². The first-order chi connectivity index (χ1) is 10.2. The molecule has 0 spiro atoms. The number of hydrogen-bond donors (Lipinski definition) is 1. The molecule has 21 heavy (non-hydrogen) atoms. The molecular weight excluding hydrogens is 270 g/mol. The molecule has 1 aliphatic rings. The van der Waals surface area contributed by atoms with Crippen LogP contribution in [-0.4, -0.2) is 57.1 Å². The zero-order valence-corrected chi connectivity index (χ0v) is 11.7. The fourth-order valence-corrected chi connectivity index (χ4v) is 2.40. The first-order valence-electron chi connectivity index (χ1n) is 7.04. The van der Waals surface area contributed by atoms with Gasteiger partial charge in [0.05, 0.1) is 6.20 Å². The molecule has 2 aromatic rings. The second-order valence-corrected chi connectivity index (χ2v) is 5.02. The minimum atomic E-state index is -0.109. The van der Waals surface area contributed by atoms with Gasteiger partial charge in [-0.2, -0.15) is 0 Å². The van der Waals surface area contributed by atoms with Gasteiger partial charge in [0.1, 0.15) is 5.69 Å². The van der Waals surface area contributed by atoms with E-state index >= 15 is 0 Å². The van der Waals surface area contributed by atoms with Crippen molar-refractivity contribution in [2.75, 3.05) is 26.2 Å². The fraction of sp³-hybridized carbons (Fsp3) is 0.429. The van der Waals surface area contributed by atoms with E-state index in [2.05, 4.69) is 15.3 Å². The molecule has 1 amide bonds. The Hall–Kier alpha value is -2.28. The molecule has 2 aromatic heterocycles. The maximum Gasteiger partial charge on any atom is 0.223 e. The smallest absolute Gasteiger partial charge is 0.223 e. The van der Waals surface area contributed by atoms with Crippen LogP contribution in [0.2, 0.25) is 0 Å². The second-order valence-electron chi connectivity index (χ2n) is 5.02. The molecule has 0 radical (unpaired) electrons. The molecule has 0 bridgehead atoms. The summed E-state index contributed by atoms with van der Waals surface area (Å²) < 4.78 is 1.75. The van der Waals surface area contributed by atoms with Crippen LogP contribution in [0.1, 0.15) is 23.3 Å². The summed E-state index contributed by atoms with van der Waals surface area (Å²) in [6, 6.07) is 0. The van der Waals surface area contributed by atoms with E-state index in [-0.39, 0.29) is 24.5 Å². The van der Waals surface area contributed by atoms with Gasteiger partial charge >= 0.3 is 0 Å². The molecule has 3 heterocycles. The van der Waals surface area contributed by atoms with Crippen LogP contribution in [0.4, 0.5) is 0 Å². The van der Waals surface area contributed by atoms with Crippen molar-refractivity contribution in [3.63, 3.8) is 0 Å². The third-order valence-corrected chi connectivity index (χ3v) is 3.59. The molecule has 3 rings (SSSR count). The summed E-state index contributed by atoms with van der Waals surface area (Å²) in [6.07, 6.45) is 7.09.